The van der Waals surface area contributed by atoms with Gasteiger partial charge in [0.05, 0.1) is 5.69 Å². The van der Waals surface area contributed by atoms with Gasteiger partial charge < -0.3 is 15.1 Å². The van der Waals surface area contributed by atoms with Crippen molar-refractivity contribution in [2.45, 2.75) is 51.4 Å². The molecule has 0 amide bonds. The van der Waals surface area contributed by atoms with Crippen molar-refractivity contribution in [3.05, 3.63) is 16.5 Å². The molecule has 0 unspecified atom stereocenters. The van der Waals surface area contributed by atoms with E-state index in [1.54, 1.807) is 0 Å². The highest BCUT2D eigenvalue weighted by Crippen LogP contribution is 2.41. The molecule has 0 radical (unpaired) electrons. The number of fused-ring (bicyclic) bond motifs is 1. The summed E-state index contributed by atoms with van der Waals surface area (Å²) >= 11 is 6.25. The first-order chi connectivity index (χ1) is 11.5. The third-order valence-electron chi connectivity index (χ3n) is 5.70. The largest absolute Gasteiger partial charge is 0.396 e. The number of hydrogen-bond acceptors (Lipinski definition) is 5. The minimum atomic E-state index is 0.0314. The maximum Gasteiger partial charge on any atom is 0.224 e. The van der Waals surface area contributed by atoms with Crippen LogP contribution in [0.5, 0.6) is 0 Å². The summed E-state index contributed by atoms with van der Waals surface area (Å²) in [6, 6.07) is 0. The molecule has 6 heteroatoms. The molecule has 2 N–H and O–H groups in total. The first-order valence-electron chi connectivity index (χ1n) is 9.00. The van der Waals surface area contributed by atoms with Crippen LogP contribution in [-0.4, -0.2) is 46.5 Å². The molecule has 2 atom stereocenters. The average molecular weight is 354 g/mol. The van der Waals surface area contributed by atoms with E-state index in [4.69, 9.17) is 11.6 Å². The minimum Gasteiger partial charge on any atom is -0.396 e. The molecule has 0 bridgehead atoms. The molecule has 1 aliphatic carbocycles. The zero-order valence-corrected chi connectivity index (χ0v) is 15.4. The van der Waals surface area contributed by atoms with E-state index in [-0.39, 0.29) is 18.6 Å². The van der Waals surface area contributed by atoms with Crippen molar-refractivity contribution in [2.24, 2.45) is 11.8 Å². The number of halogens is 1. The maximum atomic E-state index is 9.35. The number of rotatable bonds is 5. The van der Waals surface area contributed by atoms with Crippen molar-refractivity contribution < 1.29 is 10.2 Å². The second-order valence-corrected chi connectivity index (χ2v) is 8.17. The van der Waals surface area contributed by atoms with E-state index in [0.29, 0.717) is 17.1 Å². The molecule has 1 aromatic rings. The topological polar surface area (TPSA) is 69.5 Å². The Kier molecular flexibility index (Phi) is 5.33. The predicted molar refractivity (Wildman–Crippen MR) is 95.6 cm³/mol. The number of aliphatic hydroxyl groups excluding tert-OH is 2. The van der Waals surface area contributed by atoms with E-state index < -0.39 is 0 Å². The molecule has 3 rings (SSSR count). The Labute approximate surface area is 149 Å². The Morgan fingerprint density at radius 3 is 2.33 bits per heavy atom. The normalized spacial score (nSPS) is 25.8. The van der Waals surface area contributed by atoms with Crippen LogP contribution in [0.3, 0.4) is 0 Å². The molecular formula is C18H28ClN3O2. The van der Waals surface area contributed by atoms with Crippen molar-refractivity contribution in [1.82, 2.24) is 9.97 Å². The van der Waals surface area contributed by atoms with E-state index in [9.17, 15) is 10.2 Å². The van der Waals surface area contributed by atoms with E-state index in [1.165, 1.54) is 5.56 Å². The Bertz CT molecular complexity index is 580. The summed E-state index contributed by atoms with van der Waals surface area (Å²) in [6.07, 6.45) is 4.80. The lowest BCUT2D eigenvalue weighted by molar-refractivity contribution is 0.210. The van der Waals surface area contributed by atoms with Gasteiger partial charge in [-0.1, -0.05) is 13.8 Å². The van der Waals surface area contributed by atoms with E-state index in [2.05, 4.69) is 28.7 Å². The van der Waals surface area contributed by atoms with Crippen LogP contribution in [0.4, 0.5) is 5.82 Å². The maximum absolute atomic E-state index is 9.35. The molecule has 1 aliphatic heterocycles. The van der Waals surface area contributed by atoms with E-state index >= 15 is 0 Å². The van der Waals surface area contributed by atoms with Crippen LogP contribution in [0.1, 0.15) is 50.8 Å². The van der Waals surface area contributed by atoms with Crippen molar-refractivity contribution in [3.8, 4) is 0 Å². The summed E-state index contributed by atoms with van der Waals surface area (Å²) in [4.78, 5) is 11.4. The second kappa shape index (κ2) is 7.14. The summed E-state index contributed by atoms with van der Waals surface area (Å²) in [5, 5.41) is 19.0. The number of aliphatic hydroxyl groups is 2. The average Bonchev–Trinajstić information content (AvgIpc) is 2.91. The molecule has 2 heterocycles. The van der Waals surface area contributed by atoms with Gasteiger partial charge in [-0.3, -0.25) is 0 Å². The molecule has 0 spiro atoms. The summed E-state index contributed by atoms with van der Waals surface area (Å²) in [7, 11) is 0. The van der Waals surface area contributed by atoms with E-state index in [1.807, 2.05) is 0 Å². The van der Waals surface area contributed by atoms with Gasteiger partial charge in [0.2, 0.25) is 5.28 Å². The molecule has 2 aliphatic rings. The number of nitrogens with zero attached hydrogens (tertiary/aromatic N) is 3. The number of anilines is 1. The fourth-order valence-corrected chi connectivity index (χ4v) is 4.58. The lowest BCUT2D eigenvalue weighted by Crippen LogP contribution is -2.30. The third kappa shape index (κ3) is 3.39. The summed E-state index contributed by atoms with van der Waals surface area (Å²) in [5.41, 5.74) is 2.36. The Balaban J connectivity index is 1.94. The zero-order valence-electron chi connectivity index (χ0n) is 14.6. The van der Waals surface area contributed by atoms with Crippen LogP contribution in [0.25, 0.3) is 0 Å². The van der Waals surface area contributed by atoms with Crippen molar-refractivity contribution in [2.75, 3.05) is 31.2 Å². The zero-order chi connectivity index (χ0) is 17.3. The highest BCUT2D eigenvalue weighted by Gasteiger charge is 2.37. The molecule has 1 aromatic heterocycles. The van der Waals surface area contributed by atoms with Gasteiger partial charge in [0.25, 0.3) is 0 Å². The molecule has 0 saturated carbocycles. The molecule has 5 nitrogen and oxygen atoms in total. The van der Waals surface area contributed by atoms with Crippen LogP contribution in [0.2, 0.25) is 5.28 Å². The highest BCUT2D eigenvalue weighted by molar-refractivity contribution is 6.28. The number of aromatic nitrogens is 2. The molecular weight excluding hydrogens is 326 g/mol. The van der Waals surface area contributed by atoms with Gasteiger partial charge in [0.1, 0.15) is 5.82 Å². The van der Waals surface area contributed by atoms with Crippen LogP contribution in [-0.2, 0) is 11.8 Å². The Morgan fingerprint density at radius 2 is 1.75 bits per heavy atom. The lowest BCUT2D eigenvalue weighted by atomic mass is 9.76. The monoisotopic (exact) mass is 353 g/mol. The minimum absolute atomic E-state index is 0.0314. The quantitative estimate of drug-likeness (QED) is 0.796. The van der Waals surface area contributed by atoms with Crippen LogP contribution in [0.15, 0.2) is 0 Å². The van der Waals surface area contributed by atoms with Crippen molar-refractivity contribution >= 4 is 17.4 Å². The first-order valence-corrected chi connectivity index (χ1v) is 9.37. The summed E-state index contributed by atoms with van der Waals surface area (Å²) in [5.74, 6) is 1.76. The fourth-order valence-electron chi connectivity index (χ4n) is 4.42. The molecule has 1 fully saturated rings. The van der Waals surface area contributed by atoms with Gasteiger partial charge >= 0.3 is 0 Å². The SMILES string of the molecule is CC1(C)CCCc2c(N3C[C@@H](CCO)[C@@H](CCO)C3)nc(Cl)nc21. The molecule has 0 aromatic carbocycles. The Hall–Kier alpha value is -0.910. The third-order valence-corrected chi connectivity index (χ3v) is 5.87. The van der Waals surface area contributed by atoms with Crippen molar-refractivity contribution in [3.63, 3.8) is 0 Å². The Morgan fingerprint density at radius 1 is 1.12 bits per heavy atom. The van der Waals surface area contributed by atoms with Gasteiger partial charge in [-0.25, -0.2) is 9.97 Å². The summed E-state index contributed by atoms with van der Waals surface area (Å²) < 4.78 is 0. The van der Waals surface area contributed by atoms with Crippen LogP contribution >= 0.6 is 11.6 Å². The fraction of sp³-hybridized carbons (Fsp3) is 0.778. The standard InChI is InChI=1S/C18H28ClN3O2/c1-18(2)7-3-4-14-15(18)20-17(19)21-16(14)22-10-12(5-8-23)13(11-22)6-9-24/h12-13,23-24H,3-11H2,1-2H3/t12-,13+. The van der Waals surface area contributed by atoms with Gasteiger partial charge in [0, 0.05) is 37.3 Å². The summed E-state index contributed by atoms with van der Waals surface area (Å²) in [6.45, 7) is 6.57. The van der Waals surface area contributed by atoms with Gasteiger partial charge in [-0.15, -0.1) is 0 Å². The van der Waals surface area contributed by atoms with E-state index in [0.717, 1.165) is 56.7 Å². The van der Waals surface area contributed by atoms with Crippen molar-refractivity contribution in [1.29, 1.82) is 0 Å². The van der Waals surface area contributed by atoms with Gasteiger partial charge in [0.15, 0.2) is 0 Å². The first kappa shape index (κ1) is 17.9. The van der Waals surface area contributed by atoms with Gasteiger partial charge in [-0.2, -0.15) is 0 Å². The smallest absolute Gasteiger partial charge is 0.224 e. The number of hydrogen-bond donors (Lipinski definition) is 2. The molecule has 24 heavy (non-hydrogen) atoms. The molecule has 134 valence electrons. The second-order valence-electron chi connectivity index (χ2n) is 7.83. The lowest BCUT2D eigenvalue weighted by Gasteiger charge is -2.34. The molecule has 1 saturated heterocycles. The van der Waals surface area contributed by atoms with Gasteiger partial charge in [-0.05, 0) is 55.5 Å². The van der Waals surface area contributed by atoms with Crippen LogP contribution < -0.4 is 4.90 Å². The highest BCUT2D eigenvalue weighted by atomic mass is 35.5. The predicted octanol–water partition coefficient (Wildman–Crippen LogP) is 2.56. The van der Waals surface area contributed by atoms with Crippen LogP contribution in [0, 0.1) is 11.8 Å².